The number of benzene rings is 1. The molecule has 18 heavy (non-hydrogen) atoms. The Morgan fingerprint density at radius 2 is 2.28 bits per heavy atom. The highest BCUT2D eigenvalue weighted by Crippen LogP contribution is 2.16. The first-order valence-electron chi connectivity index (χ1n) is 6.05. The Kier molecular flexibility index (Phi) is 4.73. The third-order valence-corrected chi connectivity index (χ3v) is 3.72. The average Bonchev–Trinajstić information content (AvgIpc) is 2.76. The van der Waals surface area contributed by atoms with Gasteiger partial charge < -0.3 is 10.1 Å². The average molecular weight is 262 g/mol. The minimum Gasteiger partial charge on any atom is -0.493 e. The smallest absolute Gasteiger partial charge is 0.119 e. The number of ether oxygens (including phenoxy) is 1. The predicted octanol–water partition coefficient (Wildman–Crippen LogP) is 2.79. The molecule has 0 fully saturated rings. The molecule has 0 bridgehead atoms. The van der Waals surface area contributed by atoms with Gasteiger partial charge in [0.2, 0.25) is 0 Å². The van der Waals surface area contributed by atoms with E-state index in [2.05, 4.69) is 22.4 Å². The van der Waals surface area contributed by atoms with Crippen LogP contribution in [-0.2, 0) is 13.0 Å². The molecule has 96 valence electrons. The van der Waals surface area contributed by atoms with Gasteiger partial charge in [0.15, 0.2) is 0 Å². The van der Waals surface area contributed by atoms with Crippen LogP contribution in [0.15, 0.2) is 29.8 Å². The zero-order valence-electron chi connectivity index (χ0n) is 10.8. The van der Waals surface area contributed by atoms with Crippen LogP contribution in [0, 0.1) is 6.92 Å². The number of nitrogens with zero attached hydrogens (tertiary/aromatic N) is 1. The number of aryl methyl sites for hydroxylation is 1. The molecule has 0 saturated heterocycles. The normalized spacial score (nSPS) is 10.6. The molecule has 1 aromatic carbocycles. The fourth-order valence-corrected chi connectivity index (χ4v) is 2.54. The van der Waals surface area contributed by atoms with Gasteiger partial charge in [0.25, 0.3) is 0 Å². The molecule has 0 aliphatic heterocycles. The van der Waals surface area contributed by atoms with Gasteiger partial charge in [-0.25, -0.2) is 4.98 Å². The highest BCUT2D eigenvalue weighted by atomic mass is 32.1. The quantitative estimate of drug-likeness (QED) is 0.869. The van der Waals surface area contributed by atoms with Crippen molar-refractivity contribution in [3.05, 3.63) is 45.9 Å². The van der Waals surface area contributed by atoms with E-state index in [1.165, 1.54) is 10.4 Å². The Morgan fingerprint density at radius 1 is 1.39 bits per heavy atom. The molecule has 0 atom stereocenters. The molecule has 3 nitrogen and oxygen atoms in total. The summed E-state index contributed by atoms with van der Waals surface area (Å²) in [4.78, 5) is 5.54. The summed E-state index contributed by atoms with van der Waals surface area (Å²) in [7, 11) is 1.94. The lowest BCUT2D eigenvalue weighted by Crippen LogP contribution is -2.06. The van der Waals surface area contributed by atoms with Crippen molar-refractivity contribution in [3.8, 4) is 5.75 Å². The second kappa shape index (κ2) is 6.52. The number of rotatable bonds is 6. The van der Waals surface area contributed by atoms with Crippen LogP contribution < -0.4 is 10.1 Å². The van der Waals surface area contributed by atoms with Crippen LogP contribution in [0.3, 0.4) is 0 Å². The van der Waals surface area contributed by atoms with Gasteiger partial charge in [-0.05, 0) is 31.7 Å². The fourth-order valence-electron chi connectivity index (χ4n) is 1.78. The molecule has 0 radical (unpaired) electrons. The second-order valence-corrected chi connectivity index (χ2v) is 5.08. The maximum absolute atomic E-state index is 5.77. The lowest BCUT2D eigenvalue weighted by molar-refractivity contribution is 0.322. The summed E-state index contributed by atoms with van der Waals surface area (Å²) in [6.45, 7) is 3.61. The van der Waals surface area contributed by atoms with E-state index in [4.69, 9.17) is 4.74 Å². The number of nitrogens with one attached hydrogen (secondary N) is 1. The van der Waals surface area contributed by atoms with Crippen LogP contribution in [0.25, 0.3) is 0 Å². The lowest BCUT2D eigenvalue weighted by atomic mass is 10.2. The SMILES string of the molecule is CNCc1cccc(OCCc2scnc2C)c1. The monoisotopic (exact) mass is 262 g/mol. The van der Waals surface area contributed by atoms with Gasteiger partial charge in [-0.15, -0.1) is 11.3 Å². The van der Waals surface area contributed by atoms with E-state index in [-0.39, 0.29) is 0 Å². The Labute approximate surface area is 112 Å². The summed E-state index contributed by atoms with van der Waals surface area (Å²) in [5.74, 6) is 0.935. The van der Waals surface area contributed by atoms with Crippen molar-refractivity contribution in [2.45, 2.75) is 19.9 Å². The predicted molar refractivity (Wildman–Crippen MR) is 75.3 cm³/mol. The Hall–Kier alpha value is -1.39. The first-order valence-corrected chi connectivity index (χ1v) is 6.93. The molecule has 2 aromatic rings. The highest BCUT2D eigenvalue weighted by Gasteiger charge is 2.02. The number of aromatic nitrogens is 1. The molecule has 0 aliphatic carbocycles. The minimum absolute atomic E-state index is 0.700. The summed E-state index contributed by atoms with van der Waals surface area (Å²) in [5, 5.41) is 3.13. The molecule has 4 heteroatoms. The van der Waals surface area contributed by atoms with Crippen LogP contribution >= 0.6 is 11.3 Å². The molecule has 1 heterocycles. The van der Waals surface area contributed by atoms with Crippen LogP contribution in [0.5, 0.6) is 5.75 Å². The largest absolute Gasteiger partial charge is 0.493 e. The lowest BCUT2D eigenvalue weighted by Gasteiger charge is -2.07. The minimum atomic E-state index is 0.700. The number of thiazole rings is 1. The van der Waals surface area contributed by atoms with Crippen molar-refractivity contribution >= 4 is 11.3 Å². The van der Waals surface area contributed by atoms with Gasteiger partial charge in [0.05, 0.1) is 17.8 Å². The van der Waals surface area contributed by atoms with Gasteiger partial charge in [0, 0.05) is 17.8 Å². The highest BCUT2D eigenvalue weighted by molar-refractivity contribution is 7.09. The molecule has 0 unspecified atom stereocenters. The maximum atomic E-state index is 5.77. The first kappa shape index (κ1) is 13.1. The number of hydrogen-bond donors (Lipinski definition) is 1. The van der Waals surface area contributed by atoms with E-state index in [9.17, 15) is 0 Å². The van der Waals surface area contributed by atoms with Crippen LogP contribution in [-0.4, -0.2) is 18.6 Å². The van der Waals surface area contributed by atoms with Gasteiger partial charge in [-0.3, -0.25) is 0 Å². The Morgan fingerprint density at radius 3 is 3.00 bits per heavy atom. The van der Waals surface area contributed by atoms with E-state index in [1.807, 2.05) is 31.6 Å². The van der Waals surface area contributed by atoms with Gasteiger partial charge in [-0.2, -0.15) is 0 Å². The maximum Gasteiger partial charge on any atom is 0.119 e. The zero-order chi connectivity index (χ0) is 12.8. The van der Waals surface area contributed by atoms with Gasteiger partial charge in [0.1, 0.15) is 5.75 Å². The molecule has 0 spiro atoms. The van der Waals surface area contributed by atoms with E-state index < -0.39 is 0 Å². The van der Waals surface area contributed by atoms with Crippen LogP contribution in [0.4, 0.5) is 0 Å². The van der Waals surface area contributed by atoms with E-state index in [1.54, 1.807) is 11.3 Å². The van der Waals surface area contributed by atoms with Crippen molar-refractivity contribution in [2.75, 3.05) is 13.7 Å². The van der Waals surface area contributed by atoms with Crippen molar-refractivity contribution in [1.82, 2.24) is 10.3 Å². The first-order chi connectivity index (χ1) is 8.79. The molecular weight excluding hydrogens is 244 g/mol. The summed E-state index contributed by atoms with van der Waals surface area (Å²) in [5.41, 5.74) is 4.24. The topological polar surface area (TPSA) is 34.1 Å². The summed E-state index contributed by atoms with van der Waals surface area (Å²) < 4.78 is 5.77. The molecule has 0 saturated carbocycles. The molecule has 1 N–H and O–H groups in total. The van der Waals surface area contributed by atoms with E-state index >= 15 is 0 Å². The summed E-state index contributed by atoms with van der Waals surface area (Å²) >= 11 is 1.69. The fraction of sp³-hybridized carbons (Fsp3) is 0.357. The van der Waals surface area contributed by atoms with Gasteiger partial charge in [-0.1, -0.05) is 12.1 Å². The molecular formula is C14H18N2OS. The third-order valence-electron chi connectivity index (χ3n) is 2.72. The standard InChI is InChI=1S/C14H18N2OS/c1-11-14(18-10-16-11)6-7-17-13-5-3-4-12(8-13)9-15-2/h3-5,8,10,15H,6-7,9H2,1-2H3. The molecule has 0 aliphatic rings. The second-order valence-electron chi connectivity index (χ2n) is 4.14. The molecule has 1 aromatic heterocycles. The summed E-state index contributed by atoms with van der Waals surface area (Å²) in [6, 6.07) is 8.20. The molecule has 2 rings (SSSR count). The van der Waals surface area contributed by atoms with Crippen LogP contribution in [0.2, 0.25) is 0 Å². The van der Waals surface area contributed by atoms with Crippen molar-refractivity contribution in [2.24, 2.45) is 0 Å². The van der Waals surface area contributed by atoms with E-state index in [0.29, 0.717) is 6.61 Å². The van der Waals surface area contributed by atoms with E-state index in [0.717, 1.165) is 24.4 Å². The number of hydrogen-bond acceptors (Lipinski definition) is 4. The summed E-state index contributed by atoms with van der Waals surface area (Å²) in [6.07, 6.45) is 0.923. The Bertz CT molecular complexity index is 496. The van der Waals surface area contributed by atoms with Gasteiger partial charge >= 0.3 is 0 Å². The van der Waals surface area contributed by atoms with Crippen molar-refractivity contribution in [3.63, 3.8) is 0 Å². The molecule has 0 amide bonds. The van der Waals surface area contributed by atoms with Crippen molar-refractivity contribution in [1.29, 1.82) is 0 Å². The van der Waals surface area contributed by atoms with Crippen LogP contribution in [0.1, 0.15) is 16.1 Å². The van der Waals surface area contributed by atoms with Crippen molar-refractivity contribution < 1.29 is 4.74 Å². The third kappa shape index (κ3) is 3.55. The zero-order valence-corrected chi connectivity index (χ0v) is 11.6. The Balaban J connectivity index is 1.86.